The molecule has 2 fully saturated rings. The molecular weight excluding hydrogens is 285 g/mol. The van der Waals surface area contributed by atoms with Gasteiger partial charge in [-0.15, -0.1) is 0 Å². The largest absolute Gasteiger partial charge is 0.347 e. The van der Waals surface area contributed by atoms with Crippen LogP contribution in [0.2, 0.25) is 10.0 Å². The predicted octanol–water partition coefficient (Wildman–Crippen LogP) is 3.33. The van der Waals surface area contributed by atoms with E-state index in [0.717, 1.165) is 56.3 Å². The Kier molecular flexibility index (Phi) is 4.01. The number of hydrogen-bond acceptors (Lipinski definition) is 3. The molecule has 19 heavy (non-hydrogen) atoms. The van der Waals surface area contributed by atoms with Crippen LogP contribution in [0.5, 0.6) is 0 Å². The first-order valence-electron chi connectivity index (χ1n) is 6.61. The summed E-state index contributed by atoms with van der Waals surface area (Å²) in [5.41, 5.74) is 1.12. The average Bonchev–Trinajstić information content (AvgIpc) is 2.84. The van der Waals surface area contributed by atoms with Crippen LogP contribution in [0.25, 0.3) is 0 Å². The quantitative estimate of drug-likeness (QED) is 0.836. The van der Waals surface area contributed by atoms with Gasteiger partial charge in [-0.2, -0.15) is 0 Å². The van der Waals surface area contributed by atoms with Crippen molar-refractivity contribution in [1.29, 1.82) is 0 Å². The zero-order valence-corrected chi connectivity index (χ0v) is 12.2. The highest BCUT2D eigenvalue weighted by molar-refractivity contribution is 6.35. The number of halogens is 2. The molecule has 2 heterocycles. The Hall–Kier alpha value is -0.320. The molecule has 104 valence electrons. The molecule has 3 nitrogen and oxygen atoms in total. The van der Waals surface area contributed by atoms with Crippen LogP contribution in [0.1, 0.15) is 18.4 Å². The molecule has 0 aliphatic carbocycles. The van der Waals surface area contributed by atoms with Gasteiger partial charge in [0, 0.05) is 42.5 Å². The van der Waals surface area contributed by atoms with Gasteiger partial charge in [0.05, 0.1) is 13.2 Å². The smallest absolute Gasteiger partial charge is 0.170 e. The number of nitrogens with zero attached hydrogens (tertiary/aromatic N) is 1. The van der Waals surface area contributed by atoms with Gasteiger partial charge in [0.2, 0.25) is 0 Å². The molecule has 2 saturated heterocycles. The summed E-state index contributed by atoms with van der Waals surface area (Å²) in [6.07, 6.45) is 1.86. The van der Waals surface area contributed by atoms with E-state index < -0.39 is 0 Å². The van der Waals surface area contributed by atoms with Gasteiger partial charge in [0.1, 0.15) is 0 Å². The summed E-state index contributed by atoms with van der Waals surface area (Å²) >= 11 is 12.1. The van der Waals surface area contributed by atoms with Gasteiger partial charge in [-0.25, -0.2) is 0 Å². The zero-order valence-electron chi connectivity index (χ0n) is 10.7. The van der Waals surface area contributed by atoms with Crippen LogP contribution in [0.15, 0.2) is 18.2 Å². The van der Waals surface area contributed by atoms with Gasteiger partial charge >= 0.3 is 0 Å². The van der Waals surface area contributed by atoms with E-state index in [1.807, 2.05) is 12.1 Å². The topological polar surface area (TPSA) is 21.7 Å². The monoisotopic (exact) mass is 301 g/mol. The van der Waals surface area contributed by atoms with Crippen molar-refractivity contribution in [1.82, 2.24) is 4.90 Å². The zero-order chi connectivity index (χ0) is 13.3. The molecule has 0 unspecified atom stereocenters. The SMILES string of the molecule is Clc1ccc(CN2CCC3(CC2)OCCO3)c(Cl)c1. The van der Waals surface area contributed by atoms with Crippen molar-refractivity contribution < 1.29 is 9.47 Å². The van der Waals surface area contributed by atoms with Crippen LogP contribution in [0.4, 0.5) is 0 Å². The fraction of sp³-hybridized carbons (Fsp3) is 0.571. The third kappa shape index (κ3) is 3.06. The van der Waals surface area contributed by atoms with E-state index in [9.17, 15) is 0 Å². The standard InChI is InChI=1S/C14H17Cl2NO2/c15-12-2-1-11(13(16)9-12)10-17-5-3-14(4-6-17)18-7-8-19-14/h1-2,9H,3-8,10H2. The summed E-state index contributed by atoms with van der Waals surface area (Å²) in [6, 6.07) is 5.68. The van der Waals surface area contributed by atoms with Crippen LogP contribution in [0, 0.1) is 0 Å². The van der Waals surface area contributed by atoms with Crippen molar-refractivity contribution in [3.05, 3.63) is 33.8 Å². The first-order valence-corrected chi connectivity index (χ1v) is 7.37. The van der Waals surface area contributed by atoms with Crippen LogP contribution in [0.3, 0.4) is 0 Å². The molecule has 0 amide bonds. The number of likely N-dealkylation sites (tertiary alicyclic amines) is 1. The molecule has 0 saturated carbocycles. The molecule has 1 aromatic rings. The molecule has 1 aromatic carbocycles. The Balaban J connectivity index is 1.60. The van der Waals surface area contributed by atoms with Crippen LogP contribution >= 0.6 is 23.2 Å². The minimum atomic E-state index is -0.305. The highest BCUT2D eigenvalue weighted by Gasteiger charge is 2.39. The van der Waals surface area contributed by atoms with Crippen molar-refractivity contribution in [3.8, 4) is 0 Å². The molecule has 1 spiro atoms. The summed E-state index contributed by atoms with van der Waals surface area (Å²) in [5.74, 6) is -0.305. The van der Waals surface area contributed by atoms with Crippen molar-refractivity contribution >= 4 is 23.2 Å². The molecule has 0 atom stereocenters. The highest BCUT2D eigenvalue weighted by Crippen LogP contribution is 2.32. The van der Waals surface area contributed by atoms with E-state index in [4.69, 9.17) is 32.7 Å². The van der Waals surface area contributed by atoms with E-state index in [2.05, 4.69) is 4.90 Å². The summed E-state index contributed by atoms with van der Waals surface area (Å²) in [4.78, 5) is 2.38. The Morgan fingerprint density at radius 1 is 1.11 bits per heavy atom. The Labute approximate surface area is 123 Å². The average molecular weight is 302 g/mol. The fourth-order valence-electron chi connectivity index (χ4n) is 2.73. The summed E-state index contributed by atoms with van der Waals surface area (Å²) < 4.78 is 11.5. The van der Waals surface area contributed by atoms with Crippen LogP contribution in [-0.2, 0) is 16.0 Å². The fourth-order valence-corrected chi connectivity index (χ4v) is 3.20. The van der Waals surface area contributed by atoms with Crippen molar-refractivity contribution in [2.24, 2.45) is 0 Å². The number of rotatable bonds is 2. The van der Waals surface area contributed by atoms with Crippen molar-refractivity contribution in [3.63, 3.8) is 0 Å². The molecule has 0 radical (unpaired) electrons. The minimum Gasteiger partial charge on any atom is -0.347 e. The van der Waals surface area contributed by atoms with E-state index in [-0.39, 0.29) is 5.79 Å². The maximum Gasteiger partial charge on any atom is 0.170 e. The Morgan fingerprint density at radius 2 is 1.79 bits per heavy atom. The highest BCUT2D eigenvalue weighted by atomic mass is 35.5. The molecule has 2 aliphatic heterocycles. The predicted molar refractivity (Wildman–Crippen MR) is 75.6 cm³/mol. The lowest BCUT2D eigenvalue weighted by molar-refractivity contribution is -0.185. The van der Waals surface area contributed by atoms with Gasteiger partial charge in [0.25, 0.3) is 0 Å². The van der Waals surface area contributed by atoms with Gasteiger partial charge in [-0.3, -0.25) is 4.90 Å². The Morgan fingerprint density at radius 3 is 2.42 bits per heavy atom. The molecule has 2 aliphatic rings. The number of hydrogen-bond donors (Lipinski definition) is 0. The summed E-state index contributed by atoms with van der Waals surface area (Å²) in [5, 5.41) is 1.42. The van der Waals surface area contributed by atoms with Crippen LogP contribution < -0.4 is 0 Å². The molecule has 0 aromatic heterocycles. The van der Waals surface area contributed by atoms with E-state index in [1.54, 1.807) is 6.07 Å². The number of benzene rings is 1. The third-order valence-corrected chi connectivity index (χ3v) is 4.43. The first-order chi connectivity index (χ1) is 9.17. The second kappa shape index (κ2) is 5.58. The number of ether oxygens (including phenoxy) is 2. The molecule has 0 N–H and O–H groups in total. The van der Waals surface area contributed by atoms with E-state index in [1.165, 1.54) is 0 Å². The maximum absolute atomic E-state index is 6.21. The van der Waals surface area contributed by atoms with Gasteiger partial charge in [-0.1, -0.05) is 29.3 Å². The van der Waals surface area contributed by atoms with Crippen LogP contribution in [-0.4, -0.2) is 37.0 Å². The lowest BCUT2D eigenvalue weighted by atomic mass is 10.0. The second-order valence-corrected chi connectivity index (χ2v) is 5.96. The molecular formula is C14H17Cl2NO2. The van der Waals surface area contributed by atoms with Crippen molar-refractivity contribution in [2.45, 2.75) is 25.2 Å². The van der Waals surface area contributed by atoms with Gasteiger partial charge in [-0.05, 0) is 17.7 Å². The third-order valence-electron chi connectivity index (χ3n) is 3.84. The molecule has 0 bridgehead atoms. The lowest BCUT2D eigenvalue weighted by Crippen LogP contribution is -2.44. The minimum absolute atomic E-state index is 0.305. The van der Waals surface area contributed by atoms with E-state index >= 15 is 0 Å². The first kappa shape index (κ1) is 13.7. The normalized spacial score (nSPS) is 23.1. The summed E-state index contributed by atoms with van der Waals surface area (Å²) in [7, 11) is 0. The molecule has 3 rings (SSSR count). The van der Waals surface area contributed by atoms with E-state index in [0.29, 0.717) is 5.02 Å². The maximum atomic E-state index is 6.21. The van der Waals surface area contributed by atoms with Gasteiger partial charge in [0.15, 0.2) is 5.79 Å². The molecule has 5 heteroatoms. The van der Waals surface area contributed by atoms with Crippen molar-refractivity contribution in [2.75, 3.05) is 26.3 Å². The summed E-state index contributed by atoms with van der Waals surface area (Å²) in [6.45, 7) is 4.25. The number of piperidine rings is 1. The van der Waals surface area contributed by atoms with Gasteiger partial charge < -0.3 is 9.47 Å². The lowest BCUT2D eigenvalue weighted by Gasteiger charge is -2.37. The Bertz CT molecular complexity index is 451. The second-order valence-electron chi connectivity index (χ2n) is 5.12.